The maximum atomic E-state index is 11.0. The van der Waals surface area contributed by atoms with Crippen LogP contribution in [0.4, 0.5) is 5.82 Å². The smallest absolute Gasteiger partial charge is 0.333 e. The number of aliphatic hydroxyl groups excluding tert-OH is 1. The van der Waals surface area contributed by atoms with Crippen LogP contribution in [0.3, 0.4) is 0 Å². The fourth-order valence-electron chi connectivity index (χ4n) is 4.99. The van der Waals surface area contributed by atoms with E-state index in [2.05, 4.69) is 44.3 Å². The molecule has 0 saturated heterocycles. The fourth-order valence-corrected chi connectivity index (χ4v) is 5.41. The van der Waals surface area contributed by atoms with Gasteiger partial charge in [-0.05, 0) is 42.9 Å². The second kappa shape index (κ2) is 7.86. The zero-order valence-corrected chi connectivity index (χ0v) is 17.7. The van der Waals surface area contributed by atoms with E-state index in [4.69, 9.17) is 4.55 Å². The van der Waals surface area contributed by atoms with E-state index < -0.39 is 16.4 Å². The number of aryl methyl sites for hydroxylation is 1. The minimum absolute atomic E-state index is 0.00141. The third kappa shape index (κ3) is 4.03. The van der Waals surface area contributed by atoms with Crippen molar-refractivity contribution in [3.63, 3.8) is 0 Å². The average molecular weight is 444 g/mol. The van der Waals surface area contributed by atoms with E-state index in [0.717, 1.165) is 29.7 Å². The lowest BCUT2D eigenvalue weighted by Gasteiger charge is -2.16. The van der Waals surface area contributed by atoms with Gasteiger partial charge in [0.05, 0.1) is 17.5 Å². The highest BCUT2D eigenvalue weighted by Crippen LogP contribution is 2.38. The summed E-state index contributed by atoms with van der Waals surface area (Å²) < 4.78 is 35.0. The van der Waals surface area contributed by atoms with Gasteiger partial charge in [-0.15, -0.1) is 0 Å². The summed E-state index contributed by atoms with van der Waals surface area (Å²) in [5.41, 5.74) is 3.46. The molecule has 2 heterocycles. The SMILES string of the molecule is O=S(=O)(O)NC[C@@H]1C[C@@H](n2ccc3c(N[C@@H]4CCc5ccccc54)ncnc32)C[C@@H]1O. The summed E-state index contributed by atoms with van der Waals surface area (Å²) in [6.45, 7) is -0.00141. The lowest BCUT2D eigenvalue weighted by molar-refractivity contribution is 0.133. The number of anilines is 1. The van der Waals surface area contributed by atoms with E-state index in [1.807, 2.05) is 16.8 Å². The van der Waals surface area contributed by atoms with Crippen LogP contribution in [0.5, 0.6) is 0 Å². The summed E-state index contributed by atoms with van der Waals surface area (Å²) in [5.74, 6) is 0.507. The zero-order chi connectivity index (χ0) is 21.6. The molecule has 3 aromatic rings. The number of aromatic nitrogens is 3. The summed E-state index contributed by atoms with van der Waals surface area (Å²) in [6, 6.07) is 10.6. The topological polar surface area (TPSA) is 129 Å². The lowest BCUT2D eigenvalue weighted by atomic mass is 10.1. The Kier molecular flexibility index (Phi) is 5.17. The van der Waals surface area contributed by atoms with E-state index in [0.29, 0.717) is 12.8 Å². The number of rotatable bonds is 6. The van der Waals surface area contributed by atoms with Gasteiger partial charge >= 0.3 is 10.3 Å². The fraction of sp³-hybridized carbons (Fsp3) is 0.429. The molecule has 0 aliphatic heterocycles. The van der Waals surface area contributed by atoms with Crippen LogP contribution in [0.15, 0.2) is 42.9 Å². The highest BCUT2D eigenvalue weighted by molar-refractivity contribution is 7.83. The number of nitrogens with one attached hydrogen (secondary N) is 2. The number of benzene rings is 1. The van der Waals surface area contributed by atoms with Crippen molar-refractivity contribution in [2.24, 2.45) is 5.92 Å². The highest BCUT2D eigenvalue weighted by atomic mass is 32.2. The van der Waals surface area contributed by atoms with Gasteiger partial charge in [0, 0.05) is 24.7 Å². The quantitative estimate of drug-likeness (QED) is 0.430. The molecular weight excluding hydrogens is 418 g/mol. The first-order chi connectivity index (χ1) is 14.9. The summed E-state index contributed by atoms with van der Waals surface area (Å²) >= 11 is 0. The van der Waals surface area contributed by atoms with Crippen LogP contribution in [-0.2, 0) is 16.7 Å². The molecule has 10 heteroatoms. The molecule has 0 spiro atoms. The highest BCUT2D eigenvalue weighted by Gasteiger charge is 2.35. The van der Waals surface area contributed by atoms with Crippen molar-refractivity contribution in [2.75, 3.05) is 11.9 Å². The molecule has 1 fully saturated rings. The van der Waals surface area contributed by atoms with E-state index in [9.17, 15) is 13.5 Å². The van der Waals surface area contributed by atoms with Crippen LogP contribution in [0, 0.1) is 5.92 Å². The van der Waals surface area contributed by atoms with Gasteiger partial charge in [-0.3, -0.25) is 4.55 Å². The van der Waals surface area contributed by atoms with Gasteiger partial charge in [-0.25, -0.2) is 9.97 Å². The Morgan fingerprint density at radius 1 is 1.16 bits per heavy atom. The standard InChI is InChI=1S/C21H25N5O4S/c27-19-10-15(9-14(19)11-24-31(28,29)30)26-8-7-17-20(22-12-23-21(17)26)25-18-6-5-13-3-1-2-4-16(13)18/h1-4,7-8,12,14-15,18-19,24,27H,5-6,9-11H2,(H,22,23,25)(H,28,29,30)/t14-,15+,18+,19-/m0/s1. The van der Waals surface area contributed by atoms with Crippen molar-refractivity contribution >= 4 is 27.2 Å². The van der Waals surface area contributed by atoms with Gasteiger partial charge in [0.1, 0.15) is 17.8 Å². The molecule has 0 amide bonds. The molecule has 4 atom stereocenters. The predicted octanol–water partition coefficient (Wildman–Crippen LogP) is 2.24. The van der Waals surface area contributed by atoms with Gasteiger partial charge in [0.15, 0.2) is 0 Å². The van der Waals surface area contributed by atoms with Crippen molar-refractivity contribution in [1.29, 1.82) is 0 Å². The molecule has 0 radical (unpaired) electrons. The second-order valence-electron chi connectivity index (χ2n) is 8.39. The van der Waals surface area contributed by atoms with Crippen molar-refractivity contribution in [3.05, 3.63) is 54.0 Å². The molecule has 4 N–H and O–H groups in total. The summed E-state index contributed by atoms with van der Waals surface area (Å²) in [4.78, 5) is 8.96. The molecule has 31 heavy (non-hydrogen) atoms. The molecule has 5 rings (SSSR count). The Hall–Kier alpha value is -2.53. The molecule has 164 valence electrons. The Bertz CT molecular complexity index is 1210. The van der Waals surface area contributed by atoms with Gasteiger partial charge < -0.3 is 15.0 Å². The Morgan fingerprint density at radius 2 is 2.00 bits per heavy atom. The van der Waals surface area contributed by atoms with Gasteiger partial charge in [-0.1, -0.05) is 24.3 Å². The molecule has 2 aliphatic carbocycles. The van der Waals surface area contributed by atoms with E-state index in [1.165, 1.54) is 11.1 Å². The van der Waals surface area contributed by atoms with Gasteiger partial charge in [0.25, 0.3) is 0 Å². The normalized spacial score (nSPS) is 25.7. The molecular formula is C21H25N5O4S. The Balaban J connectivity index is 1.37. The van der Waals surface area contributed by atoms with E-state index in [1.54, 1.807) is 6.33 Å². The Morgan fingerprint density at radius 3 is 2.84 bits per heavy atom. The number of nitrogens with zero attached hydrogens (tertiary/aromatic N) is 3. The molecule has 1 aromatic carbocycles. The second-order valence-corrected chi connectivity index (χ2v) is 9.63. The maximum Gasteiger partial charge on any atom is 0.333 e. The predicted molar refractivity (Wildman–Crippen MR) is 116 cm³/mol. The summed E-state index contributed by atoms with van der Waals surface area (Å²) in [6.07, 6.45) is 5.96. The van der Waals surface area contributed by atoms with E-state index in [-0.39, 0.29) is 24.5 Å². The van der Waals surface area contributed by atoms with Gasteiger partial charge in [0.2, 0.25) is 0 Å². The lowest BCUT2D eigenvalue weighted by Crippen LogP contribution is -2.31. The van der Waals surface area contributed by atoms with Crippen molar-refractivity contribution in [1.82, 2.24) is 19.3 Å². The van der Waals surface area contributed by atoms with Crippen molar-refractivity contribution in [2.45, 2.75) is 43.9 Å². The third-order valence-electron chi connectivity index (χ3n) is 6.51. The van der Waals surface area contributed by atoms with Gasteiger partial charge in [-0.2, -0.15) is 13.1 Å². The van der Waals surface area contributed by atoms with Crippen LogP contribution in [0.2, 0.25) is 0 Å². The molecule has 1 saturated carbocycles. The third-order valence-corrected chi connectivity index (χ3v) is 7.04. The van der Waals surface area contributed by atoms with Crippen LogP contribution >= 0.6 is 0 Å². The monoisotopic (exact) mass is 443 g/mol. The summed E-state index contributed by atoms with van der Waals surface area (Å²) in [5, 5.41) is 14.9. The minimum Gasteiger partial charge on any atom is -0.393 e. The van der Waals surface area contributed by atoms with E-state index >= 15 is 0 Å². The minimum atomic E-state index is -4.28. The van der Waals surface area contributed by atoms with Crippen molar-refractivity contribution in [3.8, 4) is 0 Å². The molecule has 0 bridgehead atoms. The number of fused-ring (bicyclic) bond motifs is 2. The maximum absolute atomic E-state index is 11.0. The van der Waals surface area contributed by atoms with Crippen LogP contribution in [-0.4, -0.2) is 45.3 Å². The zero-order valence-electron chi connectivity index (χ0n) is 16.8. The Labute approximate surface area is 180 Å². The summed E-state index contributed by atoms with van der Waals surface area (Å²) in [7, 11) is -4.28. The average Bonchev–Trinajstić information content (AvgIpc) is 3.43. The van der Waals surface area contributed by atoms with Crippen LogP contribution < -0.4 is 10.0 Å². The molecule has 9 nitrogen and oxygen atoms in total. The largest absolute Gasteiger partial charge is 0.393 e. The van der Waals surface area contributed by atoms with Crippen LogP contribution in [0.25, 0.3) is 11.0 Å². The van der Waals surface area contributed by atoms with Crippen LogP contribution in [0.1, 0.15) is 42.5 Å². The number of aliphatic hydroxyl groups is 1. The molecule has 0 unspecified atom stereocenters. The first-order valence-electron chi connectivity index (χ1n) is 10.4. The number of hydrogen-bond acceptors (Lipinski definition) is 6. The first kappa shape index (κ1) is 20.4. The molecule has 2 aromatic heterocycles. The number of hydrogen-bond donors (Lipinski definition) is 4. The van der Waals surface area contributed by atoms with Crippen molar-refractivity contribution < 1.29 is 18.1 Å². The first-order valence-corrected chi connectivity index (χ1v) is 11.9. The molecule has 2 aliphatic rings.